The summed E-state index contributed by atoms with van der Waals surface area (Å²) in [5.41, 5.74) is 7.54. The summed E-state index contributed by atoms with van der Waals surface area (Å²) in [5, 5.41) is 0. The van der Waals surface area contributed by atoms with E-state index in [1.54, 1.807) is 0 Å². The Balaban J connectivity index is 0. The van der Waals surface area contributed by atoms with E-state index in [9.17, 15) is 24.6 Å². The summed E-state index contributed by atoms with van der Waals surface area (Å²) in [4.78, 5) is 0. The third-order valence-electron chi connectivity index (χ3n) is 1.25. The minimum atomic E-state index is -10.8. The van der Waals surface area contributed by atoms with Crippen molar-refractivity contribution in [1.29, 1.82) is 0 Å². The zero-order valence-corrected chi connectivity index (χ0v) is 9.42. The van der Waals surface area contributed by atoms with Crippen LogP contribution in [0, 0.1) is 0 Å². The Kier molecular flexibility index (Phi) is 5.90. The van der Waals surface area contributed by atoms with Crippen LogP contribution in [0.3, 0.4) is 0 Å². The molecule has 0 saturated carbocycles. The zero-order chi connectivity index (χ0) is 12.7. The Morgan fingerprint density at radius 1 is 0.600 bits per heavy atom. The average molecular weight is 260 g/mol. The largest absolute Gasteiger partial charge is 0.358 e. The van der Waals surface area contributed by atoms with Gasteiger partial charge in [0.25, 0.3) is 0 Å². The number of unbranched alkanes of at least 4 members (excludes halogenated alkanes) is 3. The van der Waals surface area contributed by atoms with Crippen molar-refractivity contribution in [3.05, 3.63) is 0 Å². The molecule has 0 amide bonds. The zero-order valence-electron chi connectivity index (χ0n) is 8.42. The molecule has 15 heavy (non-hydrogen) atoms. The van der Waals surface area contributed by atoms with E-state index in [-0.39, 0.29) is 0 Å². The monoisotopic (exact) mass is 260 g/mol. The molecule has 0 heterocycles. The molecule has 0 spiro atoms. The maximum absolute atomic E-state index is 10.8. The molecule has 0 atom stereocenters. The van der Waals surface area contributed by atoms with Crippen LogP contribution in [0.4, 0.5) is 24.6 Å². The topological polar surface area (TPSA) is 55.3 Å². The first-order valence-corrected chi connectivity index (χ1v) is 6.90. The molecule has 0 fully saturated rings. The van der Waals surface area contributed by atoms with E-state index >= 15 is 0 Å². The summed E-state index contributed by atoms with van der Waals surface area (Å²) in [6.45, 7) is 2.19. The predicted octanol–water partition coefficient (Wildman–Crippen LogP) is 1.17. The molecule has 0 aliphatic heterocycles. The molecular weight excluding hydrogens is 242 g/mol. The number of halogens is 6. The predicted molar refractivity (Wildman–Crippen MR) is 46.4 cm³/mol. The van der Waals surface area contributed by atoms with Crippen molar-refractivity contribution in [3.63, 3.8) is 0 Å². The second-order valence-corrected chi connectivity index (χ2v) is 5.34. The molecular formula is C6H18F6N2Si. The Bertz CT molecular complexity index is 145. The summed E-state index contributed by atoms with van der Waals surface area (Å²) in [5.74, 6) is 0. The number of rotatable bonds is 5. The third-order valence-corrected chi connectivity index (χ3v) is 1.25. The maximum Gasteiger partial charge on any atom is 0.0739 e. The van der Waals surface area contributed by atoms with Crippen LogP contribution >= 0.6 is 0 Å². The molecule has 0 aromatic carbocycles. The van der Waals surface area contributed by atoms with Gasteiger partial charge in [0.1, 0.15) is 0 Å². The van der Waals surface area contributed by atoms with E-state index in [1.165, 1.54) is 25.7 Å². The Hall–Kier alpha value is -0.283. The van der Waals surface area contributed by atoms with Gasteiger partial charge < -0.3 is 11.5 Å². The van der Waals surface area contributed by atoms with Crippen LogP contribution in [-0.2, 0) is 0 Å². The first-order valence-electron chi connectivity index (χ1n) is 4.63. The van der Waals surface area contributed by atoms with Crippen molar-refractivity contribution in [1.82, 2.24) is 0 Å². The average Bonchev–Trinajstić information content (AvgIpc) is 1.92. The summed E-state index contributed by atoms with van der Waals surface area (Å²) in [6, 6.07) is 0. The van der Waals surface area contributed by atoms with Gasteiger partial charge in [-0.3, -0.25) is 0 Å². The van der Waals surface area contributed by atoms with Gasteiger partial charge in [-0.25, -0.2) is 0 Å². The molecule has 0 saturated heterocycles. The van der Waals surface area contributed by atoms with Crippen LogP contribution in [0.25, 0.3) is 0 Å². The van der Waals surface area contributed by atoms with Crippen LogP contribution in [0.2, 0.25) is 0 Å². The van der Waals surface area contributed by atoms with Gasteiger partial charge in [-0.05, 0) is 25.7 Å². The molecule has 6 N–H and O–H groups in total. The molecule has 2 nitrogen and oxygen atoms in total. The van der Waals surface area contributed by atoms with Crippen molar-refractivity contribution in [2.75, 3.05) is 13.1 Å². The smallest absolute Gasteiger partial charge is 0.0739 e. The van der Waals surface area contributed by atoms with Crippen LogP contribution in [0.15, 0.2) is 0 Å². The quantitative estimate of drug-likeness (QED) is 0.323. The van der Waals surface area contributed by atoms with E-state index in [2.05, 4.69) is 11.5 Å². The molecule has 98 valence electrons. The second kappa shape index (κ2) is 5.17. The molecule has 0 aliphatic carbocycles. The molecule has 0 aromatic rings. The number of hydrogen-bond acceptors (Lipinski definition) is 0. The van der Waals surface area contributed by atoms with Gasteiger partial charge >= 0.3 is 33.3 Å². The van der Waals surface area contributed by atoms with Gasteiger partial charge in [-0.1, -0.05) is 0 Å². The second-order valence-electron chi connectivity index (χ2n) is 3.19. The van der Waals surface area contributed by atoms with Crippen molar-refractivity contribution in [2.45, 2.75) is 25.7 Å². The van der Waals surface area contributed by atoms with Gasteiger partial charge in [0.15, 0.2) is 0 Å². The Labute approximate surface area is 84.5 Å². The fourth-order valence-corrected chi connectivity index (χ4v) is 0.707. The fraction of sp³-hybridized carbons (Fsp3) is 1.00. The van der Waals surface area contributed by atoms with Crippen LogP contribution in [0.1, 0.15) is 25.7 Å². The van der Waals surface area contributed by atoms with Crippen LogP contribution in [-0.4, -0.2) is 21.7 Å². The first kappa shape index (κ1) is 17.1. The first-order chi connectivity index (χ1) is 6.36. The molecule has 0 aliphatic rings. The molecule has 0 unspecified atom stereocenters. The number of quaternary nitrogens is 2. The number of hydrogen-bond donors (Lipinski definition) is 2. The molecule has 0 bridgehead atoms. The molecule has 0 radical (unpaired) electrons. The summed E-state index contributed by atoms with van der Waals surface area (Å²) in [6.07, 6.45) is 5.28. The SMILES string of the molecule is F[Si-2](F)(F)(F)(F)F.[NH3+]CCCCCC[NH3+]. The van der Waals surface area contributed by atoms with Gasteiger partial charge in [0.2, 0.25) is 0 Å². The minimum Gasteiger partial charge on any atom is -0.358 e. The summed E-state index contributed by atoms with van der Waals surface area (Å²) in [7, 11) is -10.8. The normalized spacial score (nSPS) is 16.0. The van der Waals surface area contributed by atoms with Gasteiger partial charge in [0.05, 0.1) is 13.1 Å². The van der Waals surface area contributed by atoms with Gasteiger partial charge in [-0.2, -0.15) is 0 Å². The molecule has 0 aromatic heterocycles. The minimum absolute atomic E-state index is 1.09. The Morgan fingerprint density at radius 2 is 0.800 bits per heavy atom. The summed E-state index contributed by atoms with van der Waals surface area (Å²) < 4.78 is 59.3. The van der Waals surface area contributed by atoms with Gasteiger partial charge in [0, 0.05) is 0 Å². The van der Waals surface area contributed by atoms with Crippen molar-refractivity contribution in [2.24, 2.45) is 0 Å². The van der Waals surface area contributed by atoms with Crippen molar-refractivity contribution in [3.8, 4) is 0 Å². The molecule has 0 rings (SSSR count). The fourth-order valence-electron chi connectivity index (χ4n) is 0.707. The van der Waals surface area contributed by atoms with E-state index in [0.717, 1.165) is 13.1 Å². The van der Waals surface area contributed by atoms with E-state index in [1.807, 2.05) is 0 Å². The third kappa shape index (κ3) is 84.6. The van der Waals surface area contributed by atoms with Crippen molar-refractivity contribution >= 4 is 8.63 Å². The summed E-state index contributed by atoms with van der Waals surface area (Å²) >= 11 is 0. The maximum atomic E-state index is 9.88. The van der Waals surface area contributed by atoms with E-state index in [4.69, 9.17) is 0 Å². The van der Waals surface area contributed by atoms with Crippen LogP contribution in [0.5, 0.6) is 0 Å². The Morgan fingerprint density at radius 3 is 0.933 bits per heavy atom. The van der Waals surface area contributed by atoms with E-state index in [0.29, 0.717) is 0 Å². The van der Waals surface area contributed by atoms with E-state index < -0.39 is 8.63 Å². The van der Waals surface area contributed by atoms with Crippen molar-refractivity contribution < 1.29 is 36.1 Å². The standard InChI is InChI=1S/C6H16N2.F6Si/c7-5-3-1-2-4-6-8;1-7(2,3,4,5)6/h1-8H2;/q;-2/p+2. The van der Waals surface area contributed by atoms with Gasteiger partial charge in [-0.15, -0.1) is 0 Å². The molecule has 9 heteroatoms. The van der Waals surface area contributed by atoms with Crippen LogP contribution < -0.4 is 11.5 Å².